The van der Waals surface area contributed by atoms with Crippen molar-refractivity contribution in [1.29, 1.82) is 0 Å². The van der Waals surface area contributed by atoms with Crippen LogP contribution in [0.3, 0.4) is 0 Å². The van der Waals surface area contributed by atoms with Gasteiger partial charge in [0.2, 0.25) is 5.91 Å². The first-order valence-electron chi connectivity index (χ1n) is 7.18. The van der Waals surface area contributed by atoms with Crippen molar-refractivity contribution < 1.29 is 27.5 Å². The summed E-state index contributed by atoms with van der Waals surface area (Å²) in [6, 6.07) is 2.88. The van der Waals surface area contributed by atoms with E-state index in [0.29, 0.717) is 18.7 Å². The molecule has 1 aromatic carbocycles. The molecule has 1 aliphatic rings. The van der Waals surface area contributed by atoms with Gasteiger partial charge in [-0.15, -0.1) is 0 Å². The molecule has 0 saturated carbocycles. The van der Waals surface area contributed by atoms with E-state index in [4.69, 9.17) is 0 Å². The predicted octanol–water partition coefficient (Wildman–Crippen LogP) is 1.87. The largest absolute Gasteiger partial charge is 0.419 e. The lowest BCUT2D eigenvalue weighted by molar-refractivity contribution is -0.140. The van der Waals surface area contributed by atoms with Gasteiger partial charge in [0, 0.05) is 39.6 Å². The van der Waals surface area contributed by atoms with Crippen LogP contribution in [0.2, 0.25) is 0 Å². The molecular formula is C15H18F4N2O2. The van der Waals surface area contributed by atoms with E-state index < -0.39 is 23.7 Å². The summed E-state index contributed by atoms with van der Waals surface area (Å²) in [5.41, 5.74) is -0.988. The SMILES string of the molecule is CC(=O)N1CCN(Cc2ccc(F)c(C(F)(F)F)c2)CC(O)C1. The summed E-state index contributed by atoms with van der Waals surface area (Å²) in [7, 11) is 0. The normalized spacial score (nSPS) is 20.4. The second kappa shape index (κ2) is 6.84. The van der Waals surface area contributed by atoms with Gasteiger partial charge >= 0.3 is 6.18 Å². The van der Waals surface area contributed by atoms with Crippen LogP contribution in [0, 0.1) is 5.82 Å². The Morgan fingerprint density at radius 1 is 1.30 bits per heavy atom. The summed E-state index contributed by atoms with van der Waals surface area (Å²) in [6.07, 6.45) is -5.52. The maximum absolute atomic E-state index is 13.3. The third kappa shape index (κ3) is 4.65. The van der Waals surface area contributed by atoms with Crippen LogP contribution in [0.5, 0.6) is 0 Å². The van der Waals surface area contributed by atoms with Crippen LogP contribution in [0.4, 0.5) is 17.6 Å². The van der Waals surface area contributed by atoms with Gasteiger partial charge in [-0.2, -0.15) is 13.2 Å². The fraction of sp³-hybridized carbons (Fsp3) is 0.533. The molecule has 1 aromatic rings. The molecule has 1 amide bonds. The van der Waals surface area contributed by atoms with E-state index >= 15 is 0 Å². The van der Waals surface area contributed by atoms with E-state index in [0.717, 1.165) is 12.1 Å². The molecule has 0 bridgehead atoms. The summed E-state index contributed by atoms with van der Waals surface area (Å²) in [6.45, 7) is 2.80. The van der Waals surface area contributed by atoms with Gasteiger partial charge in [-0.05, 0) is 17.7 Å². The minimum Gasteiger partial charge on any atom is -0.390 e. The van der Waals surface area contributed by atoms with Crippen molar-refractivity contribution in [1.82, 2.24) is 9.80 Å². The molecule has 1 saturated heterocycles. The Hall–Kier alpha value is -1.67. The first-order chi connectivity index (χ1) is 10.7. The molecule has 0 spiro atoms. The molecule has 0 aliphatic carbocycles. The average molecular weight is 334 g/mol. The summed E-state index contributed by atoms with van der Waals surface area (Å²) < 4.78 is 51.5. The zero-order chi connectivity index (χ0) is 17.2. The minimum atomic E-state index is -4.75. The van der Waals surface area contributed by atoms with Gasteiger partial charge in [-0.1, -0.05) is 6.07 Å². The maximum atomic E-state index is 13.3. The Bertz CT molecular complexity index is 577. The molecule has 2 rings (SSSR count). The third-order valence-corrected chi connectivity index (χ3v) is 3.77. The number of carbonyl (C=O) groups is 1. The number of alkyl halides is 3. The zero-order valence-corrected chi connectivity index (χ0v) is 12.6. The van der Waals surface area contributed by atoms with Crippen molar-refractivity contribution in [3.05, 3.63) is 35.1 Å². The number of hydrogen-bond donors (Lipinski definition) is 1. The van der Waals surface area contributed by atoms with Gasteiger partial charge in [0.25, 0.3) is 0 Å². The van der Waals surface area contributed by atoms with Crippen molar-refractivity contribution in [2.45, 2.75) is 25.7 Å². The molecule has 128 valence electrons. The number of aliphatic hydroxyl groups is 1. The molecule has 1 atom stereocenters. The van der Waals surface area contributed by atoms with Gasteiger partial charge < -0.3 is 10.0 Å². The topological polar surface area (TPSA) is 43.8 Å². The third-order valence-electron chi connectivity index (χ3n) is 3.77. The lowest BCUT2D eigenvalue weighted by atomic mass is 10.1. The molecule has 1 fully saturated rings. The van der Waals surface area contributed by atoms with Crippen molar-refractivity contribution in [3.8, 4) is 0 Å². The highest BCUT2D eigenvalue weighted by molar-refractivity contribution is 5.73. The molecule has 8 heteroatoms. The van der Waals surface area contributed by atoms with E-state index in [1.165, 1.54) is 17.9 Å². The number of amides is 1. The van der Waals surface area contributed by atoms with Crippen molar-refractivity contribution >= 4 is 5.91 Å². The Labute approximate surface area is 131 Å². The number of β-amino-alcohol motifs (C(OH)–C–C–N with tert-alkyl or cyclic N) is 1. The predicted molar refractivity (Wildman–Crippen MR) is 74.9 cm³/mol. The molecular weight excluding hydrogens is 316 g/mol. The molecule has 23 heavy (non-hydrogen) atoms. The van der Waals surface area contributed by atoms with Gasteiger partial charge in [-0.25, -0.2) is 4.39 Å². The van der Waals surface area contributed by atoms with Gasteiger partial charge in [0.05, 0.1) is 11.7 Å². The van der Waals surface area contributed by atoms with Gasteiger partial charge in [0.15, 0.2) is 0 Å². The molecule has 1 unspecified atom stereocenters. The van der Waals surface area contributed by atoms with Crippen LogP contribution in [0.25, 0.3) is 0 Å². The first-order valence-corrected chi connectivity index (χ1v) is 7.18. The Kier molecular flexibility index (Phi) is 5.26. The smallest absolute Gasteiger partial charge is 0.390 e. The van der Waals surface area contributed by atoms with Gasteiger partial charge in [-0.3, -0.25) is 9.69 Å². The second-order valence-corrected chi connectivity index (χ2v) is 5.67. The maximum Gasteiger partial charge on any atom is 0.419 e. The molecule has 1 aliphatic heterocycles. The molecule has 1 N–H and O–H groups in total. The summed E-state index contributed by atoms with van der Waals surface area (Å²) in [5, 5.41) is 9.91. The van der Waals surface area contributed by atoms with Crippen molar-refractivity contribution in [2.24, 2.45) is 0 Å². The number of benzene rings is 1. The van der Waals surface area contributed by atoms with E-state index in [-0.39, 0.29) is 25.5 Å². The monoisotopic (exact) mass is 334 g/mol. The number of halogens is 4. The number of hydrogen-bond acceptors (Lipinski definition) is 3. The summed E-state index contributed by atoms with van der Waals surface area (Å²) >= 11 is 0. The van der Waals surface area contributed by atoms with E-state index in [9.17, 15) is 27.5 Å². The van der Waals surface area contributed by atoms with E-state index in [2.05, 4.69) is 0 Å². The average Bonchev–Trinajstić information content (AvgIpc) is 2.61. The fourth-order valence-electron chi connectivity index (χ4n) is 2.63. The van der Waals surface area contributed by atoms with Crippen LogP contribution in [0.15, 0.2) is 18.2 Å². The van der Waals surface area contributed by atoms with Crippen molar-refractivity contribution in [3.63, 3.8) is 0 Å². The van der Waals surface area contributed by atoms with Crippen LogP contribution in [-0.2, 0) is 17.5 Å². The lowest BCUT2D eigenvalue weighted by Gasteiger charge is -2.21. The minimum absolute atomic E-state index is 0.145. The Morgan fingerprint density at radius 3 is 2.61 bits per heavy atom. The second-order valence-electron chi connectivity index (χ2n) is 5.67. The molecule has 0 aromatic heterocycles. The highest BCUT2D eigenvalue weighted by Gasteiger charge is 2.34. The Morgan fingerprint density at radius 2 is 2.00 bits per heavy atom. The van der Waals surface area contributed by atoms with Crippen LogP contribution in [0.1, 0.15) is 18.1 Å². The quantitative estimate of drug-likeness (QED) is 0.840. The van der Waals surface area contributed by atoms with Crippen LogP contribution >= 0.6 is 0 Å². The van der Waals surface area contributed by atoms with E-state index in [1.807, 2.05) is 0 Å². The lowest BCUT2D eigenvalue weighted by Crippen LogP contribution is -2.36. The first kappa shape index (κ1) is 17.7. The summed E-state index contributed by atoms with van der Waals surface area (Å²) in [5.74, 6) is -1.47. The number of nitrogens with zero attached hydrogens (tertiary/aromatic N) is 2. The fourth-order valence-corrected chi connectivity index (χ4v) is 2.63. The highest BCUT2D eigenvalue weighted by Crippen LogP contribution is 2.32. The van der Waals surface area contributed by atoms with Crippen LogP contribution in [-0.4, -0.2) is 53.1 Å². The summed E-state index contributed by atoms with van der Waals surface area (Å²) in [4.78, 5) is 14.6. The standard InChI is InChI=1S/C15H18F4N2O2/c1-10(22)21-5-4-20(8-12(23)9-21)7-11-2-3-14(16)13(6-11)15(17,18)19/h2-3,6,12,23H,4-5,7-9H2,1H3. The van der Waals surface area contributed by atoms with E-state index in [1.54, 1.807) is 4.90 Å². The zero-order valence-electron chi connectivity index (χ0n) is 12.6. The molecule has 1 heterocycles. The number of carbonyl (C=O) groups excluding carboxylic acids is 1. The number of rotatable bonds is 2. The highest BCUT2D eigenvalue weighted by atomic mass is 19.4. The Balaban J connectivity index is 2.11. The molecule has 0 radical (unpaired) electrons. The number of aliphatic hydroxyl groups excluding tert-OH is 1. The molecule has 4 nitrogen and oxygen atoms in total. The van der Waals surface area contributed by atoms with Gasteiger partial charge in [0.1, 0.15) is 5.82 Å². The van der Waals surface area contributed by atoms with Crippen LogP contribution < -0.4 is 0 Å². The van der Waals surface area contributed by atoms with Crippen molar-refractivity contribution in [2.75, 3.05) is 26.2 Å².